The molecule has 1 aliphatic rings. The van der Waals surface area contributed by atoms with E-state index in [1.807, 2.05) is 25.3 Å². The average molecular weight is 333 g/mol. The third-order valence-electron chi connectivity index (χ3n) is 4.69. The monoisotopic (exact) mass is 333 g/mol. The summed E-state index contributed by atoms with van der Waals surface area (Å²) in [6, 6.07) is 17.0. The van der Waals surface area contributed by atoms with Crippen molar-refractivity contribution in [3.8, 4) is 0 Å². The lowest BCUT2D eigenvalue weighted by atomic mass is 10.00. The summed E-state index contributed by atoms with van der Waals surface area (Å²) < 4.78 is 5.56. The number of hydrogen-bond donors (Lipinski definition) is 1. The van der Waals surface area contributed by atoms with Crippen molar-refractivity contribution in [2.45, 2.75) is 33.0 Å². The van der Waals surface area contributed by atoms with Gasteiger partial charge in [-0.3, -0.25) is 0 Å². The molecule has 0 amide bonds. The molecular weight excluding hydrogens is 310 g/mol. The zero-order valence-electron chi connectivity index (χ0n) is 14.5. The van der Waals surface area contributed by atoms with Gasteiger partial charge in [0.1, 0.15) is 17.3 Å². The fourth-order valence-electron chi connectivity index (χ4n) is 3.31. The Morgan fingerprint density at radius 1 is 1.04 bits per heavy atom. The number of anilines is 1. The van der Waals surface area contributed by atoms with E-state index in [4.69, 9.17) is 4.42 Å². The van der Waals surface area contributed by atoms with Gasteiger partial charge in [0.15, 0.2) is 0 Å². The summed E-state index contributed by atoms with van der Waals surface area (Å²) in [6.07, 6.45) is 3.06. The van der Waals surface area contributed by atoms with E-state index in [9.17, 15) is 0 Å². The van der Waals surface area contributed by atoms with Gasteiger partial charge < -0.3 is 14.6 Å². The molecule has 4 rings (SSSR count). The summed E-state index contributed by atoms with van der Waals surface area (Å²) in [5.41, 5.74) is 4.06. The number of fused-ring (bicyclic) bond motifs is 1. The highest BCUT2D eigenvalue weighted by Crippen LogP contribution is 2.23. The van der Waals surface area contributed by atoms with Crippen molar-refractivity contribution in [1.29, 1.82) is 0 Å². The number of benzene rings is 1. The highest BCUT2D eigenvalue weighted by atomic mass is 16.3. The normalized spacial score (nSPS) is 13.7. The maximum Gasteiger partial charge on any atom is 0.128 e. The van der Waals surface area contributed by atoms with Crippen LogP contribution in [-0.2, 0) is 26.1 Å². The van der Waals surface area contributed by atoms with Gasteiger partial charge >= 0.3 is 0 Å². The van der Waals surface area contributed by atoms with Crippen LogP contribution in [0.15, 0.2) is 59.1 Å². The molecule has 25 heavy (non-hydrogen) atoms. The second kappa shape index (κ2) is 7.11. The molecule has 1 aromatic carbocycles. The Morgan fingerprint density at radius 3 is 2.68 bits per heavy atom. The average Bonchev–Trinajstić information content (AvgIpc) is 3.07. The number of nitrogens with zero attached hydrogens (tertiary/aromatic N) is 2. The maximum absolute atomic E-state index is 5.56. The topological polar surface area (TPSA) is 41.3 Å². The molecule has 128 valence electrons. The van der Waals surface area contributed by atoms with E-state index >= 15 is 0 Å². The van der Waals surface area contributed by atoms with Gasteiger partial charge in [-0.05, 0) is 48.2 Å². The highest BCUT2D eigenvalue weighted by molar-refractivity contribution is 5.44. The minimum absolute atomic E-state index is 0.735. The Balaban J connectivity index is 1.34. The molecule has 1 aliphatic heterocycles. The summed E-state index contributed by atoms with van der Waals surface area (Å²) in [7, 11) is 0. The minimum atomic E-state index is 0.735. The molecular formula is C21H23N3O. The summed E-state index contributed by atoms with van der Waals surface area (Å²) in [5, 5.41) is 3.40. The minimum Gasteiger partial charge on any atom is -0.465 e. The first-order chi connectivity index (χ1) is 12.3. The second-order valence-corrected chi connectivity index (χ2v) is 6.58. The first-order valence-electron chi connectivity index (χ1n) is 8.80. The van der Waals surface area contributed by atoms with Crippen LogP contribution >= 0.6 is 0 Å². The van der Waals surface area contributed by atoms with Crippen LogP contribution in [0.5, 0.6) is 0 Å². The summed E-state index contributed by atoms with van der Waals surface area (Å²) in [5.74, 6) is 2.97. The van der Waals surface area contributed by atoms with E-state index in [2.05, 4.69) is 51.6 Å². The van der Waals surface area contributed by atoms with Crippen molar-refractivity contribution in [2.24, 2.45) is 0 Å². The first-order valence-corrected chi connectivity index (χ1v) is 8.80. The fraction of sp³-hybridized carbons (Fsp3) is 0.286. The van der Waals surface area contributed by atoms with Crippen LogP contribution in [0.1, 0.15) is 28.2 Å². The molecule has 0 fully saturated rings. The number of aryl methyl sites for hydroxylation is 1. The van der Waals surface area contributed by atoms with Gasteiger partial charge in [0, 0.05) is 25.8 Å². The fourth-order valence-corrected chi connectivity index (χ4v) is 3.31. The van der Waals surface area contributed by atoms with Crippen molar-refractivity contribution < 1.29 is 4.42 Å². The Bertz CT molecular complexity index is 838. The number of furan rings is 1. The molecule has 0 radical (unpaired) electrons. The predicted octanol–water partition coefficient (Wildman–Crippen LogP) is 3.84. The van der Waals surface area contributed by atoms with Gasteiger partial charge in [-0.25, -0.2) is 4.98 Å². The maximum atomic E-state index is 5.56. The third kappa shape index (κ3) is 3.74. The Labute approximate surface area is 148 Å². The highest BCUT2D eigenvalue weighted by Gasteiger charge is 2.16. The standard InChI is InChI=1S/C21H23N3O/c1-16-6-8-20(25-16)14-22-12-17-7-9-21(23-13-17)24-11-10-18-4-2-3-5-19(18)15-24/h2-9,13,22H,10-12,14-15H2,1H3. The zero-order chi connectivity index (χ0) is 17.1. The van der Waals surface area contributed by atoms with E-state index in [0.717, 1.165) is 49.9 Å². The summed E-state index contributed by atoms with van der Waals surface area (Å²) >= 11 is 0. The Kier molecular flexibility index (Phi) is 4.53. The van der Waals surface area contributed by atoms with Crippen LogP contribution in [0.2, 0.25) is 0 Å². The van der Waals surface area contributed by atoms with E-state index in [0.29, 0.717) is 0 Å². The van der Waals surface area contributed by atoms with Gasteiger partial charge in [0.2, 0.25) is 0 Å². The molecule has 0 bridgehead atoms. The van der Waals surface area contributed by atoms with Crippen LogP contribution in [0.3, 0.4) is 0 Å². The van der Waals surface area contributed by atoms with Crippen molar-refractivity contribution in [1.82, 2.24) is 10.3 Å². The summed E-state index contributed by atoms with van der Waals surface area (Å²) in [4.78, 5) is 7.02. The van der Waals surface area contributed by atoms with Gasteiger partial charge in [-0.1, -0.05) is 30.3 Å². The Hall–Kier alpha value is -2.59. The van der Waals surface area contributed by atoms with Crippen LogP contribution < -0.4 is 10.2 Å². The molecule has 0 saturated heterocycles. The molecule has 0 spiro atoms. The van der Waals surface area contributed by atoms with Crippen LogP contribution in [-0.4, -0.2) is 11.5 Å². The lowest BCUT2D eigenvalue weighted by Gasteiger charge is -2.29. The van der Waals surface area contributed by atoms with E-state index in [1.165, 1.54) is 16.7 Å². The number of aromatic nitrogens is 1. The first kappa shape index (κ1) is 15.9. The van der Waals surface area contributed by atoms with Crippen LogP contribution in [0.25, 0.3) is 0 Å². The summed E-state index contributed by atoms with van der Waals surface area (Å²) in [6.45, 7) is 5.46. The van der Waals surface area contributed by atoms with E-state index < -0.39 is 0 Å². The zero-order valence-corrected chi connectivity index (χ0v) is 14.5. The number of rotatable bonds is 5. The SMILES string of the molecule is Cc1ccc(CNCc2ccc(N3CCc4ccccc4C3)nc2)o1. The number of nitrogens with one attached hydrogen (secondary N) is 1. The third-order valence-corrected chi connectivity index (χ3v) is 4.69. The number of pyridine rings is 1. The van der Waals surface area contributed by atoms with Crippen LogP contribution in [0.4, 0.5) is 5.82 Å². The van der Waals surface area contributed by atoms with Crippen molar-refractivity contribution >= 4 is 5.82 Å². The molecule has 0 atom stereocenters. The van der Waals surface area contributed by atoms with E-state index in [-0.39, 0.29) is 0 Å². The lowest BCUT2D eigenvalue weighted by molar-refractivity contribution is 0.461. The number of hydrogen-bond acceptors (Lipinski definition) is 4. The molecule has 4 heteroatoms. The molecule has 4 nitrogen and oxygen atoms in total. The Morgan fingerprint density at radius 2 is 1.92 bits per heavy atom. The van der Waals surface area contributed by atoms with Gasteiger partial charge in [-0.2, -0.15) is 0 Å². The van der Waals surface area contributed by atoms with E-state index in [1.54, 1.807) is 0 Å². The largest absolute Gasteiger partial charge is 0.465 e. The van der Waals surface area contributed by atoms with Crippen molar-refractivity contribution in [2.75, 3.05) is 11.4 Å². The quantitative estimate of drug-likeness (QED) is 0.770. The van der Waals surface area contributed by atoms with Gasteiger partial charge in [0.25, 0.3) is 0 Å². The van der Waals surface area contributed by atoms with Gasteiger partial charge in [0.05, 0.1) is 6.54 Å². The van der Waals surface area contributed by atoms with Gasteiger partial charge in [-0.15, -0.1) is 0 Å². The van der Waals surface area contributed by atoms with Crippen molar-refractivity contribution in [3.05, 3.63) is 82.9 Å². The van der Waals surface area contributed by atoms with Crippen molar-refractivity contribution in [3.63, 3.8) is 0 Å². The second-order valence-electron chi connectivity index (χ2n) is 6.58. The lowest BCUT2D eigenvalue weighted by Crippen LogP contribution is -2.30. The molecule has 2 aromatic heterocycles. The van der Waals surface area contributed by atoms with Crippen LogP contribution in [0, 0.1) is 6.92 Å². The molecule has 0 aliphatic carbocycles. The molecule has 0 unspecified atom stereocenters. The molecule has 0 saturated carbocycles. The molecule has 1 N–H and O–H groups in total. The molecule has 3 heterocycles. The predicted molar refractivity (Wildman–Crippen MR) is 99.4 cm³/mol. The smallest absolute Gasteiger partial charge is 0.128 e. The molecule has 3 aromatic rings.